The molecule has 0 fully saturated rings. The van der Waals surface area contributed by atoms with E-state index in [4.69, 9.17) is 4.42 Å². The van der Waals surface area contributed by atoms with Gasteiger partial charge < -0.3 is 14.6 Å². The fourth-order valence-corrected chi connectivity index (χ4v) is 2.55. The minimum absolute atomic E-state index is 0.156. The van der Waals surface area contributed by atoms with Crippen molar-refractivity contribution in [1.82, 2.24) is 20.2 Å². The first-order chi connectivity index (χ1) is 13.2. The van der Waals surface area contributed by atoms with E-state index in [1.165, 1.54) is 18.6 Å². The molecule has 0 radical (unpaired) electrons. The maximum absolute atomic E-state index is 12.8. The Hall–Kier alpha value is -3.48. The van der Waals surface area contributed by atoms with Gasteiger partial charge in [-0.1, -0.05) is 30.3 Å². The van der Waals surface area contributed by atoms with Gasteiger partial charge in [-0.15, -0.1) is 0 Å². The monoisotopic (exact) mass is 364 g/mol. The molecule has 138 valence electrons. The maximum atomic E-state index is 12.8. The molecule has 7 heteroatoms. The third kappa shape index (κ3) is 5.50. The van der Waals surface area contributed by atoms with Crippen molar-refractivity contribution in [2.45, 2.75) is 19.5 Å². The van der Waals surface area contributed by atoms with E-state index in [1.54, 1.807) is 23.3 Å². The fraction of sp³-hybridized carbons (Fsp3) is 0.200. The van der Waals surface area contributed by atoms with Crippen LogP contribution in [0, 0.1) is 0 Å². The van der Waals surface area contributed by atoms with Crippen molar-refractivity contribution in [1.29, 1.82) is 0 Å². The number of hydrogen-bond donors (Lipinski definition) is 1. The van der Waals surface area contributed by atoms with E-state index in [-0.39, 0.29) is 30.5 Å². The lowest BCUT2D eigenvalue weighted by atomic mass is 10.2. The second-order valence-corrected chi connectivity index (χ2v) is 5.91. The smallest absolute Gasteiger partial charge is 0.274 e. The van der Waals surface area contributed by atoms with Crippen LogP contribution in [0.5, 0.6) is 0 Å². The molecule has 2 aromatic heterocycles. The van der Waals surface area contributed by atoms with Crippen LogP contribution in [0.4, 0.5) is 0 Å². The SMILES string of the molecule is O=C(CCN(Cc1ccccc1)C(=O)c1cnccn1)NCc1ccco1. The summed E-state index contributed by atoms with van der Waals surface area (Å²) in [5.41, 5.74) is 1.23. The third-order valence-electron chi connectivity index (χ3n) is 3.93. The average Bonchev–Trinajstić information content (AvgIpc) is 3.24. The first-order valence-electron chi connectivity index (χ1n) is 8.60. The van der Waals surface area contributed by atoms with Crippen molar-refractivity contribution in [3.05, 3.63) is 84.3 Å². The highest BCUT2D eigenvalue weighted by Crippen LogP contribution is 2.09. The van der Waals surface area contributed by atoms with Crippen LogP contribution in [0.2, 0.25) is 0 Å². The van der Waals surface area contributed by atoms with E-state index in [1.807, 2.05) is 30.3 Å². The van der Waals surface area contributed by atoms with Gasteiger partial charge in [-0.05, 0) is 17.7 Å². The van der Waals surface area contributed by atoms with Crippen LogP contribution in [0.3, 0.4) is 0 Å². The number of aromatic nitrogens is 2. The first kappa shape index (κ1) is 18.3. The molecular formula is C20H20N4O3. The lowest BCUT2D eigenvalue weighted by molar-refractivity contribution is -0.121. The number of nitrogens with one attached hydrogen (secondary N) is 1. The van der Waals surface area contributed by atoms with Crippen LogP contribution in [0.15, 0.2) is 71.7 Å². The summed E-state index contributed by atoms with van der Waals surface area (Å²) in [7, 11) is 0. The van der Waals surface area contributed by atoms with Gasteiger partial charge in [-0.3, -0.25) is 14.6 Å². The predicted octanol–water partition coefficient (Wildman–Crippen LogP) is 2.42. The molecule has 3 aromatic rings. The Bertz CT molecular complexity index is 851. The Morgan fingerprint density at radius 1 is 1.07 bits per heavy atom. The second-order valence-electron chi connectivity index (χ2n) is 5.91. The highest BCUT2D eigenvalue weighted by Gasteiger charge is 2.18. The number of carbonyl (C=O) groups is 2. The summed E-state index contributed by atoms with van der Waals surface area (Å²) in [5, 5.41) is 2.78. The molecule has 0 atom stereocenters. The summed E-state index contributed by atoms with van der Waals surface area (Å²) in [6, 6.07) is 13.2. The molecule has 0 saturated heterocycles. The quantitative estimate of drug-likeness (QED) is 0.663. The lowest BCUT2D eigenvalue weighted by Crippen LogP contribution is -2.35. The summed E-state index contributed by atoms with van der Waals surface area (Å²) in [5.74, 6) is 0.266. The van der Waals surface area contributed by atoms with Crippen molar-refractivity contribution in [3.63, 3.8) is 0 Å². The van der Waals surface area contributed by atoms with Gasteiger partial charge in [0.05, 0.1) is 19.0 Å². The molecule has 0 unspecified atom stereocenters. The predicted molar refractivity (Wildman–Crippen MR) is 98.4 cm³/mol. The molecule has 27 heavy (non-hydrogen) atoms. The van der Waals surface area contributed by atoms with Gasteiger partial charge in [-0.2, -0.15) is 0 Å². The Balaban J connectivity index is 1.62. The van der Waals surface area contributed by atoms with Crippen molar-refractivity contribution < 1.29 is 14.0 Å². The zero-order valence-electron chi connectivity index (χ0n) is 14.7. The summed E-state index contributed by atoms with van der Waals surface area (Å²) >= 11 is 0. The van der Waals surface area contributed by atoms with E-state index in [9.17, 15) is 9.59 Å². The van der Waals surface area contributed by atoms with Crippen LogP contribution in [-0.4, -0.2) is 33.2 Å². The molecule has 0 aliphatic carbocycles. The molecule has 2 heterocycles. The van der Waals surface area contributed by atoms with E-state index in [2.05, 4.69) is 15.3 Å². The van der Waals surface area contributed by atoms with Gasteiger partial charge in [0, 0.05) is 31.9 Å². The number of amides is 2. The standard InChI is InChI=1S/C20H20N4O3/c25-19(23-13-17-7-4-12-27-17)8-11-24(15-16-5-2-1-3-6-16)20(26)18-14-21-9-10-22-18/h1-7,9-10,12,14H,8,11,13,15H2,(H,23,25). The molecule has 1 N–H and O–H groups in total. The van der Waals surface area contributed by atoms with E-state index in [0.29, 0.717) is 18.8 Å². The number of carbonyl (C=O) groups excluding carboxylic acids is 2. The minimum Gasteiger partial charge on any atom is -0.467 e. The largest absolute Gasteiger partial charge is 0.467 e. The molecule has 7 nitrogen and oxygen atoms in total. The number of hydrogen-bond acceptors (Lipinski definition) is 5. The number of nitrogens with zero attached hydrogens (tertiary/aromatic N) is 3. The highest BCUT2D eigenvalue weighted by atomic mass is 16.3. The Labute approximate surface area is 157 Å². The molecule has 0 aliphatic heterocycles. The normalized spacial score (nSPS) is 10.4. The average molecular weight is 364 g/mol. The van der Waals surface area contributed by atoms with E-state index < -0.39 is 0 Å². The van der Waals surface area contributed by atoms with Gasteiger partial charge in [0.1, 0.15) is 11.5 Å². The van der Waals surface area contributed by atoms with Crippen molar-refractivity contribution in [3.8, 4) is 0 Å². The second kappa shape index (κ2) is 9.28. The van der Waals surface area contributed by atoms with Crippen molar-refractivity contribution >= 4 is 11.8 Å². The fourth-order valence-electron chi connectivity index (χ4n) is 2.55. The van der Waals surface area contributed by atoms with Gasteiger partial charge in [0.25, 0.3) is 5.91 Å². The maximum Gasteiger partial charge on any atom is 0.274 e. The molecular weight excluding hydrogens is 344 g/mol. The molecule has 1 aromatic carbocycles. The summed E-state index contributed by atoms with van der Waals surface area (Å²) in [6.07, 6.45) is 6.16. The van der Waals surface area contributed by atoms with Gasteiger partial charge in [0.15, 0.2) is 0 Å². The van der Waals surface area contributed by atoms with Crippen LogP contribution < -0.4 is 5.32 Å². The van der Waals surface area contributed by atoms with Gasteiger partial charge in [-0.25, -0.2) is 4.98 Å². The van der Waals surface area contributed by atoms with Crippen molar-refractivity contribution in [2.75, 3.05) is 6.54 Å². The Morgan fingerprint density at radius 2 is 1.93 bits per heavy atom. The number of benzene rings is 1. The Kier molecular flexibility index (Phi) is 6.30. The van der Waals surface area contributed by atoms with Crippen LogP contribution >= 0.6 is 0 Å². The van der Waals surface area contributed by atoms with Crippen LogP contribution in [0.1, 0.15) is 28.2 Å². The Morgan fingerprint density at radius 3 is 2.63 bits per heavy atom. The first-order valence-corrected chi connectivity index (χ1v) is 8.60. The number of furan rings is 1. The topological polar surface area (TPSA) is 88.3 Å². The molecule has 0 aliphatic rings. The number of rotatable bonds is 8. The molecule has 3 rings (SSSR count). The van der Waals surface area contributed by atoms with Gasteiger partial charge in [0.2, 0.25) is 5.91 Å². The third-order valence-corrected chi connectivity index (χ3v) is 3.93. The van der Waals surface area contributed by atoms with E-state index in [0.717, 1.165) is 5.56 Å². The summed E-state index contributed by atoms with van der Waals surface area (Å²) in [4.78, 5) is 34.5. The van der Waals surface area contributed by atoms with Crippen molar-refractivity contribution in [2.24, 2.45) is 0 Å². The molecule has 2 amide bonds. The van der Waals surface area contributed by atoms with Crippen LogP contribution in [-0.2, 0) is 17.9 Å². The molecule has 0 bridgehead atoms. The minimum atomic E-state index is -0.259. The zero-order valence-corrected chi connectivity index (χ0v) is 14.7. The summed E-state index contributed by atoms with van der Waals surface area (Å²) in [6.45, 7) is 0.985. The van der Waals surface area contributed by atoms with Gasteiger partial charge >= 0.3 is 0 Å². The van der Waals surface area contributed by atoms with E-state index >= 15 is 0 Å². The summed E-state index contributed by atoms with van der Waals surface area (Å²) < 4.78 is 5.19. The molecule has 0 saturated carbocycles. The molecule has 0 spiro atoms. The lowest BCUT2D eigenvalue weighted by Gasteiger charge is -2.22. The highest BCUT2D eigenvalue weighted by molar-refractivity contribution is 5.92. The van der Waals surface area contributed by atoms with Crippen LogP contribution in [0.25, 0.3) is 0 Å². The zero-order chi connectivity index (χ0) is 18.9.